The standard InChI is InChI=1S/C32H42N6O10S2.Na/c1-16-25-24(17(2)39)29(43)38(25)26(30(44)45)27(16)50-20-13-37(14-20)31-34-21(15-49-31)28(42)33-19-6-7-36(12-19)32(46)48-18(3)22(40)4-5-23(41)35-8-10-47-11-9-35;/h15-20,24-25,39H,4-14H2,1-3H3,(H,33,42)(H,44,45);/q;+1/p-1/t16-,17-,18?,19+,24-,25-;/m1./s1. The number of ketones is 1. The minimum atomic E-state index is -1.40. The molecule has 51 heavy (non-hydrogen) atoms. The van der Waals surface area contributed by atoms with Crippen LogP contribution in [-0.2, 0) is 28.7 Å². The van der Waals surface area contributed by atoms with Gasteiger partial charge in [0.15, 0.2) is 17.0 Å². The van der Waals surface area contributed by atoms with Crippen molar-refractivity contribution in [2.45, 2.75) is 69.6 Å². The number of carbonyl (C=O) groups excluding carboxylic acids is 6. The quantitative estimate of drug-likeness (QED) is 0.157. The minimum Gasteiger partial charge on any atom is -0.543 e. The molecule has 0 radical (unpaired) electrons. The van der Waals surface area contributed by atoms with Gasteiger partial charge in [0, 0.05) is 79.6 Å². The molecule has 0 aromatic carbocycles. The molecular weight excluding hydrogens is 716 g/mol. The van der Waals surface area contributed by atoms with Crippen molar-refractivity contribution in [3.05, 3.63) is 21.7 Å². The maximum Gasteiger partial charge on any atom is 1.00 e. The Morgan fingerprint density at radius 1 is 1.12 bits per heavy atom. The average molecular weight is 757 g/mol. The molecule has 2 N–H and O–H groups in total. The molecular formula is C32H41N6NaO10S2. The fourth-order valence-corrected chi connectivity index (χ4v) is 9.37. The van der Waals surface area contributed by atoms with Crippen LogP contribution in [0.2, 0.25) is 0 Å². The summed E-state index contributed by atoms with van der Waals surface area (Å²) in [6.07, 6.45) is -2.01. The second-order valence-electron chi connectivity index (χ2n) is 13.3. The first-order valence-corrected chi connectivity index (χ1v) is 18.6. The Bertz CT molecular complexity index is 1580. The molecule has 1 aromatic rings. The van der Waals surface area contributed by atoms with Crippen LogP contribution in [0.15, 0.2) is 16.0 Å². The number of hydrogen-bond acceptors (Lipinski definition) is 14. The van der Waals surface area contributed by atoms with Crippen LogP contribution in [-0.4, -0.2) is 142 Å². The van der Waals surface area contributed by atoms with Gasteiger partial charge < -0.3 is 49.4 Å². The third-order valence-electron chi connectivity index (χ3n) is 9.90. The molecule has 0 aliphatic carbocycles. The van der Waals surface area contributed by atoms with Crippen LogP contribution in [0.3, 0.4) is 0 Å². The Labute approximate surface area is 325 Å². The van der Waals surface area contributed by atoms with Crippen LogP contribution in [0, 0.1) is 11.8 Å². The third kappa shape index (κ3) is 8.26. The first-order chi connectivity index (χ1) is 23.8. The zero-order valence-corrected chi connectivity index (χ0v) is 32.7. The number of anilines is 1. The Morgan fingerprint density at radius 2 is 1.82 bits per heavy atom. The molecule has 16 nitrogen and oxygen atoms in total. The zero-order valence-electron chi connectivity index (χ0n) is 29.1. The molecule has 4 fully saturated rings. The topological polar surface area (TPSA) is 202 Å². The second-order valence-corrected chi connectivity index (χ2v) is 15.5. The summed E-state index contributed by atoms with van der Waals surface area (Å²) in [5, 5.41) is 27.3. The maximum atomic E-state index is 13.0. The number of thiazole rings is 1. The predicted molar refractivity (Wildman–Crippen MR) is 178 cm³/mol. The van der Waals surface area contributed by atoms with Gasteiger partial charge in [0.05, 0.1) is 42.9 Å². The van der Waals surface area contributed by atoms with Gasteiger partial charge in [-0.3, -0.25) is 19.2 Å². The second kappa shape index (κ2) is 16.5. The summed E-state index contributed by atoms with van der Waals surface area (Å²) in [5.74, 6) is -3.51. The fourth-order valence-electron chi connectivity index (χ4n) is 7.03. The largest absolute Gasteiger partial charge is 1.00 e. The van der Waals surface area contributed by atoms with E-state index in [1.165, 1.54) is 46.7 Å². The number of aliphatic carboxylic acids is 1. The molecule has 4 amide bonds. The van der Waals surface area contributed by atoms with Crippen molar-refractivity contribution in [1.29, 1.82) is 0 Å². The number of ether oxygens (including phenoxy) is 2. The number of morpholine rings is 1. The number of carboxylic acid groups (broad SMARTS) is 1. The molecule has 1 unspecified atom stereocenters. The molecule has 5 aliphatic rings. The molecule has 0 spiro atoms. The van der Waals surface area contributed by atoms with Crippen molar-refractivity contribution < 1.29 is 78.0 Å². The number of carboxylic acids is 1. The number of thioether (sulfide) groups is 1. The molecule has 0 bridgehead atoms. The summed E-state index contributed by atoms with van der Waals surface area (Å²) in [7, 11) is 0. The number of hydrogen-bond donors (Lipinski definition) is 2. The first kappa shape index (κ1) is 39.5. The van der Waals surface area contributed by atoms with Crippen molar-refractivity contribution in [3.8, 4) is 0 Å². The summed E-state index contributed by atoms with van der Waals surface area (Å²) >= 11 is 2.73. The third-order valence-corrected chi connectivity index (χ3v) is 12.3. The number of nitrogens with one attached hydrogen (secondary N) is 1. The molecule has 6 rings (SSSR count). The molecule has 1 aromatic heterocycles. The van der Waals surface area contributed by atoms with E-state index < -0.39 is 42.1 Å². The van der Waals surface area contributed by atoms with Crippen molar-refractivity contribution in [2.75, 3.05) is 57.4 Å². The number of Topliss-reactive ketones (excluding diaryl/α,β-unsaturated/α-hetero) is 1. The van der Waals surface area contributed by atoms with Crippen LogP contribution in [0.5, 0.6) is 0 Å². The van der Waals surface area contributed by atoms with E-state index in [0.29, 0.717) is 62.4 Å². The van der Waals surface area contributed by atoms with Gasteiger partial charge in [-0.1, -0.05) is 6.92 Å². The monoisotopic (exact) mass is 756 g/mol. The van der Waals surface area contributed by atoms with Gasteiger partial charge in [-0.25, -0.2) is 9.78 Å². The van der Waals surface area contributed by atoms with Gasteiger partial charge in [-0.05, 0) is 20.3 Å². The number of β-lactam (4-membered cyclic amide) rings is 1. The molecule has 5 aliphatic heterocycles. The van der Waals surface area contributed by atoms with Crippen LogP contribution in [0.4, 0.5) is 9.93 Å². The smallest absolute Gasteiger partial charge is 0.543 e. The number of fused-ring (bicyclic) bond motifs is 1. The van der Waals surface area contributed by atoms with Crippen LogP contribution >= 0.6 is 23.1 Å². The number of aliphatic hydroxyl groups excluding tert-OH is 1. The molecule has 0 saturated carbocycles. The van der Waals surface area contributed by atoms with E-state index in [1.54, 1.807) is 10.3 Å². The molecule has 4 saturated heterocycles. The minimum absolute atomic E-state index is 0. The molecule has 6 atom stereocenters. The zero-order chi connectivity index (χ0) is 35.9. The molecule has 272 valence electrons. The van der Waals surface area contributed by atoms with E-state index in [1.807, 2.05) is 11.8 Å². The summed E-state index contributed by atoms with van der Waals surface area (Å²) < 4.78 is 10.6. The van der Waals surface area contributed by atoms with E-state index in [-0.39, 0.29) is 95.1 Å². The van der Waals surface area contributed by atoms with Gasteiger partial charge in [0.1, 0.15) is 5.69 Å². The number of amides is 4. The summed E-state index contributed by atoms with van der Waals surface area (Å²) in [5.41, 5.74) is 0.141. The van der Waals surface area contributed by atoms with E-state index in [9.17, 15) is 39.0 Å². The molecule has 19 heteroatoms. The summed E-state index contributed by atoms with van der Waals surface area (Å²) in [6, 6.07) is -0.721. The van der Waals surface area contributed by atoms with Gasteiger partial charge in [-0.2, -0.15) is 0 Å². The van der Waals surface area contributed by atoms with E-state index in [4.69, 9.17) is 9.47 Å². The van der Waals surface area contributed by atoms with Gasteiger partial charge in [0.2, 0.25) is 11.8 Å². The van der Waals surface area contributed by atoms with Gasteiger partial charge >= 0.3 is 35.7 Å². The average Bonchev–Trinajstić information content (AvgIpc) is 3.79. The van der Waals surface area contributed by atoms with E-state index in [2.05, 4.69) is 10.3 Å². The van der Waals surface area contributed by atoms with E-state index >= 15 is 0 Å². The number of carbonyl (C=O) groups is 6. The van der Waals surface area contributed by atoms with Crippen LogP contribution < -0.4 is 44.9 Å². The molecule has 6 heterocycles. The van der Waals surface area contributed by atoms with Crippen LogP contribution in [0.1, 0.15) is 50.5 Å². The SMILES string of the molecule is CC(OC(=O)N1CC[C@H](NC(=O)c2csc(N3CC(SC4=C(C(=O)[O-])N5C(=O)[C@H]([C@@H](C)O)[C@H]5[C@H]4C)C3)n2)C1)C(=O)CCC(=O)N1CCOCC1.[Na+]. The summed E-state index contributed by atoms with van der Waals surface area (Å²) in [6.45, 7) is 8.54. The van der Waals surface area contributed by atoms with Crippen molar-refractivity contribution in [3.63, 3.8) is 0 Å². The Hall–Kier alpha value is -2.74. The van der Waals surface area contributed by atoms with Crippen LogP contribution in [0.25, 0.3) is 0 Å². The number of aromatic nitrogens is 1. The Morgan fingerprint density at radius 3 is 2.49 bits per heavy atom. The number of rotatable bonds is 12. The maximum absolute atomic E-state index is 13.0. The van der Waals surface area contributed by atoms with Crippen molar-refractivity contribution >= 4 is 63.8 Å². The van der Waals surface area contributed by atoms with Crippen molar-refractivity contribution in [2.24, 2.45) is 11.8 Å². The van der Waals surface area contributed by atoms with Gasteiger partial charge in [-0.15, -0.1) is 23.1 Å². The van der Waals surface area contributed by atoms with Crippen molar-refractivity contribution in [1.82, 2.24) is 25.0 Å². The Kier molecular flexibility index (Phi) is 12.8. The van der Waals surface area contributed by atoms with E-state index in [0.717, 1.165) is 0 Å². The predicted octanol–water partition coefficient (Wildman–Crippen LogP) is -3.57. The van der Waals surface area contributed by atoms with Gasteiger partial charge in [0.25, 0.3) is 5.91 Å². The first-order valence-electron chi connectivity index (χ1n) is 16.8. The number of likely N-dealkylation sites (tertiary alicyclic amines) is 1. The number of aliphatic hydroxyl groups is 1. The fraction of sp³-hybridized carbons (Fsp3) is 0.656. The Balaban J connectivity index is 0.00000504. The normalized spacial score (nSPS) is 25.8. The summed E-state index contributed by atoms with van der Waals surface area (Å²) in [4.78, 5) is 86.6. The number of nitrogens with zero attached hydrogens (tertiary/aromatic N) is 5.